The van der Waals surface area contributed by atoms with Gasteiger partial charge in [0, 0.05) is 11.4 Å². The van der Waals surface area contributed by atoms with Gasteiger partial charge in [0.25, 0.3) is 0 Å². The fourth-order valence-corrected chi connectivity index (χ4v) is 3.55. The quantitative estimate of drug-likeness (QED) is 0.830. The van der Waals surface area contributed by atoms with Gasteiger partial charge in [-0.05, 0) is 37.0 Å². The molecular formula is C11H14ClNOS. The van der Waals surface area contributed by atoms with Crippen molar-refractivity contribution in [2.45, 2.75) is 24.2 Å². The van der Waals surface area contributed by atoms with E-state index >= 15 is 0 Å². The van der Waals surface area contributed by atoms with Gasteiger partial charge in [-0.25, -0.2) is 0 Å². The molecule has 1 aliphatic rings. The highest BCUT2D eigenvalue weighted by Crippen LogP contribution is 2.30. The summed E-state index contributed by atoms with van der Waals surface area (Å²) in [5.41, 5.74) is 6.20. The van der Waals surface area contributed by atoms with Gasteiger partial charge >= 0.3 is 0 Å². The van der Waals surface area contributed by atoms with E-state index in [9.17, 15) is 4.21 Å². The zero-order valence-corrected chi connectivity index (χ0v) is 9.98. The monoisotopic (exact) mass is 243 g/mol. The topological polar surface area (TPSA) is 43.1 Å². The number of rotatable bonds is 3. The van der Waals surface area contributed by atoms with E-state index in [1.165, 1.54) is 19.3 Å². The molecule has 0 heterocycles. The molecule has 0 aliphatic heterocycles. The molecule has 2 N–H and O–H groups in total. The van der Waals surface area contributed by atoms with E-state index in [1.807, 2.05) is 0 Å². The third-order valence-electron chi connectivity index (χ3n) is 2.81. The molecule has 2 nitrogen and oxygen atoms in total. The van der Waals surface area contributed by atoms with Gasteiger partial charge in [-0.2, -0.15) is 0 Å². The molecule has 0 saturated heterocycles. The maximum Gasteiger partial charge on any atom is 0.0587 e. The van der Waals surface area contributed by atoms with Gasteiger partial charge in [-0.3, -0.25) is 4.21 Å². The summed E-state index contributed by atoms with van der Waals surface area (Å²) in [6.07, 6.45) is 3.69. The van der Waals surface area contributed by atoms with Crippen molar-refractivity contribution in [1.82, 2.24) is 0 Å². The van der Waals surface area contributed by atoms with Gasteiger partial charge in [0.05, 0.1) is 20.7 Å². The van der Waals surface area contributed by atoms with E-state index in [1.54, 1.807) is 18.2 Å². The van der Waals surface area contributed by atoms with Crippen LogP contribution >= 0.6 is 11.6 Å². The summed E-state index contributed by atoms with van der Waals surface area (Å²) in [7, 11) is -0.969. The molecule has 0 aromatic heterocycles. The van der Waals surface area contributed by atoms with Crippen LogP contribution in [0, 0.1) is 5.92 Å². The predicted octanol–water partition coefficient (Wildman–Crippen LogP) is 2.83. The molecular weight excluding hydrogens is 230 g/mol. The minimum Gasteiger partial charge on any atom is -0.399 e. The fourth-order valence-electron chi connectivity index (χ4n) is 1.67. The number of nitrogens with two attached hydrogens (primary N) is 1. The lowest BCUT2D eigenvalue weighted by Gasteiger charge is -2.24. The fraction of sp³-hybridized carbons (Fsp3) is 0.455. The van der Waals surface area contributed by atoms with Crippen molar-refractivity contribution < 1.29 is 4.21 Å². The summed E-state index contributed by atoms with van der Waals surface area (Å²) in [6.45, 7) is 0. The van der Waals surface area contributed by atoms with Gasteiger partial charge in [-0.15, -0.1) is 0 Å². The Morgan fingerprint density at radius 2 is 2.20 bits per heavy atom. The van der Waals surface area contributed by atoms with Gasteiger partial charge in [0.15, 0.2) is 0 Å². The summed E-state index contributed by atoms with van der Waals surface area (Å²) in [6, 6.07) is 5.18. The zero-order chi connectivity index (χ0) is 10.8. The van der Waals surface area contributed by atoms with Gasteiger partial charge in [0.1, 0.15) is 0 Å². The van der Waals surface area contributed by atoms with Crippen LogP contribution in [0.3, 0.4) is 0 Å². The molecule has 1 aliphatic carbocycles. The highest BCUT2D eigenvalue weighted by Gasteiger charge is 2.21. The Bertz CT molecular complexity index is 390. The lowest BCUT2D eigenvalue weighted by Crippen LogP contribution is -2.18. The molecule has 1 aromatic rings. The van der Waals surface area contributed by atoms with Crippen molar-refractivity contribution in [3.8, 4) is 0 Å². The number of anilines is 1. The average molecular weight is 244 g/mol. The van der Waals surface area contributed by atoms with E-state index in [2.05, 4.69) is 0 Å². The lowest BCUT2D eigenvalue weighted by atomic mass is 9.87. The Hall–Kier alpha value is -0.540. The molecule has 1 atom stereocenters. The number of halogens is 1. The van der Waals surface area contributed by atoms with Crippen LogP contribution in [0.2, 0.25) is 5.02 Å². The molecule has 1 aromatic carbocycles. The van der Waals surface area contributed by atoms with Crippen LogP contribution in [-0.4, -0.2) is 9.96 Å². The van der Waals surface area contributed by atoms with E-state index in [-0.39, 0.29) is 0 Å². The smallest absolute Gasteiger partial charge is 0.0587 e. The maximum atomic E-state index is 12.0. The van der Waals surface area contributed by atoms with Crippen LogP contribution in [0.5, 0.6) is 0 Å². The van der Waals surface area contributed by atoms with Crippen LogP contribution in [0.15, 0.2) is 23.1 Å². The Balaban J connectivity index is 2.10. The number of hydrogen-bond acceptors (Lipinski definition) is 2. The first-order valence-corrected chi connectivity index (χ1v) is 6.80. The molecule has 82 valence electrons. The number of hydrogen-bond donors (Lipinski definition) is 1. The van der Waals surface area contributed by atoms with Gasteiger partial charge < -0.3 is 5.73 Å². The van der Waals surface area contributed by atoms with E-state index < -0.39 is 10.8 Å². The molecule has 0 amide bonds. The van der Waals surface area contributed by atoms with Crippen LogP contribution < -0.4 is 5.73 Å². The second-order valence-electron chi connectivity index (χ2n) is 4.00. The third kappa shape index (κ3) is 2.52. The molecule has 4 heteroatoms. The van der Waals surface area contributed by atoms with Crippen molar-refractivity contribution in [3.63, 3.8) is 0 Å². The summed E-state index contributed by atoms with van der Waals surface area (Å²) in [4.78, 5) is 0.720. The van der Waals surface area contributed by atoms with E-state index in [4.69, 9.17) is 17.3 Å². The van der Waals surface area contributed by atoms with Crippen molar-refractivity contribution >= 4 is 28.1 Å². The first-order valence-electron chi connectivity index (χ1n) is 5.10. The molecule has 0 bridgehead atoms. The highest BCUT2D eigenvalue weighted by atomic mass is 35.5. The average Bonchev–Trinajstić information content (AvgIpc) is 2.11. The predicted molar refractivity (Wildman–Crippen MR) is 64.5 cm³/mol. The van der Waals surface area contributed by atoms with Crippen molar-refractivity contribution in [2.75, 3.05) is 11.5 Å². The van der Waals surface area contributed by atoms with E-state index in [0.717, 1.165) is 10.6 Å². The highest BCUT2D eigenvalue weighted by molar-refractivity contribution is 7.85. The summed E-state index contributed by atoms with van der Waals surface area (Å²) in [5.74, 6) is 1.36. The molecule has 0 radical (unpaired) electrons. The second kappa shape index (κ2) is 4.54. The van der Waals surface area contributed by atoms with Gasteiger partial charge in [0.2, 0.25) is 0 Å². The summed E-state index contributed by atoms with van der Waals surface area (Å²) >= 11 is 6.00. The molecule has 15 heavy (non-hydrogen) atoms. The molecule has 0 spiro atoms. The molecule has 2 rings (SSSR count). The normalized spacial score (nSPS) is 18.5. The molecule has 1 unspecified atom stereocenters. The maximum absolute atomic E-state index is 12.0. The standard InChI is InChI=1S/C11H14ClNOS/c12-10-6-9(13)4-5-11(10)15(14)7-8-2-1-3-8/h4-6,8H,1-3,7,13H2. The lowest BCUT2D eigenvalue weighted by molar-refractivity contribution is 0.350. The van der Waals surface area contributed by atoms with E-state index in [0.29, 0.717) is 16.6 Å². The van der Waals surface area contributed by atoms with Gasteiger partial charge in [-0.1, -0.05) is 18.0 Å². The summed E-state index contributed by atoms with van der Waals surface area (Å²) in [5, 5.41) is 0.521. The number of nitrogen functional groups attached to an aromatic ring is 1. The Labute approximate surface area is 97.3 Å². The van der Waals surface area contributed by atoms with Crippen LogP contribution in [0.1, 0.15) is 19.3 Å². The molecule has 1 saturated carbocycles. The first-order chi connectivity index (χ1) is 7.16. The summed E-state index contributed by atoms with van der Waals surface area (Å²) < 4.78 is 12.0. The minimum atomic E-state index is -0.969. The molecule has 1 fully saturated rings. The second-order valence-corrected chi connectivity index (χ2v) is 5.87. The largest absolute Gasteiger partial charge is 0.399 e. The zero-order valence-electron chi connectivity index (χ0n) is 8.41. The van der Waals surface area contributed by atoms with Crippen molar-refractivity contribution in [3.05, 3.63) is 23.2 Å². The third-order valence-corrected chi connectivity index (χ3v) is 4.86. The Morgan fingerprint density at radius 1 is 1.47 bits per heavy atom. The first kappa shape index (κ1) is 11.0. The van der Waals surface area contributed by atoms with Crippen LogP contribution in [0.25, 0.3) is 0 Å². The van der Waals surface area contributed by atoms with Crippen LogP contribution in [0.4, 0.5) is 5.69 Å². The minimum absolute atomic E-state index is 0.521. The number of benzene rings is 1. The Morgan fingerprint density at radius 3 is 2.73 bits per heavy atom. The SMILES string of the molecule is Nc1ccc(S(=O)CC2CCC2)c(Cl)c1. The van der Waals surface area contributed by atoms with Crippen LogP contribution in [-0.2, 0) is 10.8 Å². The Kier molecular flexibility index (Phi) is 3.32. The van der Waals surface area contributed by atoms with Crippen molar-refractivity contribution in [2.24, 2.45) is 5.92 Å². The van der Waals surface area contributed by atoms with Crippen molar-refractivity contribution in [1.29, 1.82) is 0 Å².